The van der Waals surface area contributed by atoms with E-state index in [2.05, 4.69) is 23.0 Å². The molecule has 4 heteroatoms. The van der Waals surface area contributed by atoms with E-state index in [-0.39, 0.29) is 0 Å². The number of hydrogen-bond donors (Lipinski definition) is 0. The first-order valence-corrected chi connectivity index (χ1v) is 6.88. The molecule has 2 aliphatic heterocycles. The van der Waals surface area contributed by atoms with Crippen LogP contribution in [0.2, 0.25) is 0 Å². The molecule has 20 heavy (non-hydrogen) atoms. The van der Waals surface area contributed by atoms with Gasteiger partial charge in [0, 0.05) is 37.3 Å². The predicted octanol–water partition coefficient (Wildman–Crippen LogP) is 2.36. The molecule has 0 saturated heterocycles. The highest BCUT2D eigenvalue weighted by molar-refractivity contribution is 5.50. The van der Waals surface area contributed by atoms with E-state index in [1.165, 1.54) is 11.1 Å². The Bertz CT molecular complexity index is 480. The van der Waals surface area contributed by atoms with Crippen LogP contribution in [-0.4, -0.2) is 36.4 Å². The molecule has 106 valence electrons. The van der Waals surface area contributed by atoms with Crippen molar-refractivity contribution in [2.24, 2.45) is 0 Å². The van der Waals surface area contributed by atoms with Crippen molar-refractivity contribution in [3.05, 3.63) is 48.6 Å². The van der Waals surface area contributed by atoms with Crippen molar-refractivity contribution in [1.82, 2.24) is 9.80 Å². The van der Waals surface area contributed by atoms with Gasteiger partial charge in [-0.05, 0) is 12.1 Å². The second-order valence-corrected chi connectivity index (χ2v) is 5.17. The van der Waals surface area contributed by atoms with Gasteiger partial charge in [0.15, 0.2) is 0 Å². The smallest absolute Gasteiger partial charge is 0.142 e. The van der Waals surface area contributed by atoms with E-state index in [0.717, 1.165) is 37.7 Å². The molecule has 0 fully saturated rings. The molecular weight excluding hydrogens is 252 g/mol. The van der Waals surface area contributed by atoms with Crippen molar-refractivity contribution in [2.45, 2.75) is 13.1 Å². The lowest BCUT2D eigenvalue weighted by molar-refractivity contribution is 0.0903. The summed E-state index contributed by atoms with van der Waals surface area (Å²) in [5, 5.41) is 0. The Labute approximate surface area is 119 Å². The first-order chi connectivity index (χ1) is 9.81. The van der Waals surface area contributed by atoms with Gasteiger partial charge < -0.3 is 9.47 Å². The molecule has 0 atom stereocenters. The van der Waals surface area contributed by atoms with Crippen molar-refractivity contribution >= 4 is 0 Å². The van der Waals surface area contributed by atoms with E-state index >= 15 is 0 Å². The van der Waals surface area contributed by atoms with Crippen LogP contribution in [0, 0.1) is 0 Å². The minimum absolute atomic E-state index is 0.620. The highest BCUT2D eigenvalue weighted by atomic mass is 16.5. The number of hydrogen-bond acceptors (Lipinski definition) is 4. The summed E-state index contributed by atoms with van der Waals surface area (Å²) < 4.78 is 11.7. The summed E-state index contributed by atoms with van der Waals surface area (Å²) in [6.45, 7) is 12.3. The number of ether oxygens (including phenoxy) is 2. The van der Waals surface area contributed by atoms with Crippen molar-refractivity contribution in [1.29, 1.82) is 0 Å². The van der Waals surface area contributed by atoms with Gasteiger partial charge in [-0.15, -0.1) is 13.2 Å². The van der Waals surface area contributed by atoms with Gasteiger partial charge in [0.05, 0.1) is 0 Å². The third kappa shape index (κ3) is 2.44. The standard InChI is InChI=1S/C16H20N2O2/c1-3-7-17-9-13-14-10-18(8-4-2)12-20-16(14)6-5-15(13)19-11-17/h3-6H,1-2,7-12H2. The largest absolute Gasteiger partial charge is 0.478 e. The Morgan fingerprint density at radius 1 is 0.900 bits per heavy atom. The Hall–Kier alpha value is -1.78. The quantitative estimate of drug-likeness (QED) is 0.786. The minimum atomic E-state index is 0.620. The van der Waals surface area contributed by atoms with E-state index in [9.17, 15) is 0 Å². The SMILES string of the molecule is C=CCN1COc2ccc3c(c2C1)CN(CC=C)CO3. The fourth-order valence-corrected chi connectivity index (χ4v) is 2.73. The Morgan fingerprint density at radius 3 is 1.75 bits per heavy atom. The molecule has 4 nitrogen and oxygen atoms in total. The van der Waals surface area contributed by atoms with E-state index in [1.54, 1.807) is 0 Å². The zero-order valence-electron chi connectivity index (χ0n) is 11.7. The van der Waals surface area contributed by atoms with Crippen LogP contribution in [0.1, 0.15) is 11.1 Å². The van der Waals surface area contributed by atoms with Crippen LogP contribution in [0.5, 0.6) is 11.5 Å². The van der Waals surface area contributed by atoms with Gasteiger partial charge in [-0.3, -0.25) is 9.80 Å². The Kier molecular flexibility index (Phi) is 3.76. The molecule has 0 unspecified atom stereocenters. The van der Waals surface area contributed by atoms with Gasteiger partial charge in [-0.1, -0.05) is 12.2 Å². The van der Waals surface area contributed by atoms with Crippen LogP contribution in [-0.2, 0) is 13.1 Å². The van der Waals surface area contributed by atoms with Gasteiger partial charge in [0.2, 0.25) is 0 Å². The lowest BCUT2D eigenvalue weighted by Gasteiger charge is -2.34. The van der Waals surface area contributed by atoms with Crippen molar-refractivity contribution in [3.8, 4) is 11.5 Å². The fourth-order valence-electron chi connectivity index (χ4n) is 2.73. The van der Waals surface area contributed by atoms with Gasteiger partial charge in [0.1, 0.15) is 25.0 Å². The molecule has 1 aromatic rings. The van der Waals surface area contributed by atoms with Crippen molar-refractivity contribution < 1.29 is 9.47 Å². The summed E-state index contributed by atoms with van der Waals surface area (Å²) in [4.78, 5) is 4.45. The van der Waals surface area contributed by atoms with E-state index in [4.69, 9.17) is 9.47 Å². The van der Waals surface area contributed by atoms with E-state index < -0.39 is 0 Å². The average Bonchev–Trinajstić information content (AvgIpc) is 2.48. The monoisotopic (exact) mass is 272 g/mol. The third-order valence-corrected chi connectivity index (χ3v) is 3.69. The second kappa shape index (κ2) is 5.69. The first-order valence-electron chi connectivity index (χ1n) is 6.88. The lowest BCUT2D eigenvalue weighted by atomic mass is 10.0. The highest BCUT2D eigenvalue weighted by Crippen LogP contribution is 2.36. The van der Waals surface area contributed by atoms with Gasteiger partial charge in [-0.25, -0.2) is 0 Å². The van der Waals surface area contributed by atoms with Crippen molar-refractivity contribution in [2.75, 3.05) is 26.6 Å². The van der Waals surface area contributed by atoms with Gasteiger partial charge >= 0.3 is 0 Å². The van der Waals surface area contributed by atoms with Crippen LogP contribution >= 0.6 is 0 Å². The summed E-state index contributed by atoms with van der Waals surface area (Å²) in [5.74, 6) is 1.96. The van der Waals surface area contributed by atoms with Gasteiger partial charge in [0.25, 0.3) is 0 Å². The summed E-state index contributed by atoms with van der Waals surface area (Å²) in [7, 11) is 0. The average molecular weight is 272 g/mol. The first kappa shape index (κ1) is 13.2. The molecule has 0 spiro atoms. The maximum atomic E-state index is 5.83. The third-order valence-electron chi connectivity index (χ3n) is 3.69. The van der Waals surface area contributed by atoms with Crippen LogP contribution < -0.4 is 9.47 Å². The normalized spacial score (nSPS) is 18.4. The molecule has 0 saturated carbocycles. The summed E-state index contributed by atoms with van der Waals surface area (Å²) in [5.41, 5.74) is 2.48. The number of nitrogens with zero attached hydrogens (tertiary/aromatic N) is 2. The molecule has 3 rings (SSSR count). The van der Waals surface area contributed by atoms with Crippen LogP contribution in [0.25, 0.3) is 0 Å². The molecular formula is C16H20N2O2. The Balaban J connectivity index is 1.89. The molecule has 0 aliphatic carbocycles. The zero-order chi connectivity index (χ0) is 13.9. The number of rotatable bonds is 4. The molecule has 2 aliphatic rings. The number of fused-ring (bicyclic) bond motifs is 3. The second-order valence-electron chi connectivity index (χ2n) is 5.17. The molecule has 0 N–H and O–H groups in total. The molecule has 0 amide bonds. The van der Waals surface area contributed by atoms with Crippen LogP contribution in [0.3, 0.4) is 0 Å². The fraction of sp³-hybridized carbons (Fsp3) is 0.375. The van der Waals surface area contributed by atoms with E-state index in [1.807, 2.05) is 24.3 Å². The Morgan fingerprint density at radius 2 is 1.35 bits per heavy atom. The lowest BCUT2D eigenvalue weighted by Crippen LogP contribution is -2.36. The number of benzene rings is 1. The zero-order valence-corrected chi connectivity index (χ0v) is 11.7. The van der Waals surface area contributed by atoms with Gasteiger partial charge in [-0.2, -0.15) is 0 Å². The van der Waals surface area contributed by atoms with E-state index in [0.29, 0.717) is 13.5 Å². The predicted molar refractivity (Wildman–Crippen MR) is 78.6 cm³/mol. The van der Waals surface area contributed by atoms with Crippen LogP contribution in [0.4, 0.5) is 0 Å². The molecule has 2 heterocycles. The highest BCUT2D eigenvalue weighted by Gasteiger charge is 2.26. The van der Waals surface area contributed by atoms with Crippen molar-refractivity contribution in [3.63, 3.8) is 0 Å². The molecule has 0 radical (unpaired) electrons. The summed E-state index contributed by atoms with van der Waals surface area (Å²) >= 11 is 0. The molecule has 1 aromatic carbocycles. The summed E-state index contributed by atoms with van der Waals surface area (Å²) in [6, 6.07) is 4.03. The topological polar surface area (TPSA) is 24.9 Å². The maximum absolute atomic E-state index is 5.83. The minimum Gasteiger partial charge on any atom is -0.478 e. The molecule has 0 aromatic heterocycles. The maximum Gasteiger partial charge on any atom is 0.142 e. The van der Waals surface area contributed by atoms with Crippen LogP contribution in [0.15, 0.2) is 37.4 Å². The summed E-state index contributed by atoms with van der Waals surface area (Å²) in [6.07, 6.45) is 3.81. The molecule has 0 bridgehead atoms.